The minimum absolute atomic E-state index is 0.0714. The molecule has 1 amide bonds. The number of nitrogens with one attached hydrogen (secondary N) is 2. The first-order valence-corrected chi connectivity index (χ1v) is 14.2. The van der Waals surface area contributed by atoms with E-state index in [0.29, 0.717) is 62.1 Å². The van der Waals surface area contributed by atoms with Crippen molar-refractivity contribution in [3.63, 3.8) is 0 Å². The summed E-state index contributed by atoms with van der Waals surface area (Å²) in [6.07, 6.45) is 2.65. The van der Waals surface area contributed by atoms with Gasteiger partial charge in [0.2, 0.25) is 5.91 Å². The van der Waals surface area contributed by atoms with E-state index in [2.05, 4.69) is 16.9 Å². The molecule has 43 heavy (non-hydrogen) atoms. The summed E-state index contributed by atoms with van der Waals surface area (Å²) in [5.41, 5.74) is 6.94. The molecule has 10 heteroatoms. The maximum absolute atomic E-state index is 13.8. The molecule has 2 aliphatic heterocycles. The zero-order valence-corrected chi connectivity index (χ0v) is 26.1. The monoisotopic (exact) mass is 583 g/mol. The van der Waals surface area contributed by atoms with E-state index in [1.54, 1.807) is 25.1 Å². The lowest BCUT2D eigenvalue weighted by Crippen LogP contribution is -2.43. The molecule has 0 fully saturated rings. The normalized spacial score (nSPS) is 17.8. The second kappa shape index (κ2) is 10.8. The Balaban J connectivity index is 2.02. The topological polar surface area (TPSA) is 130 Å². The van der Waals surface area contributed by atoms with Crippen LogP contribution in [0, 0.1) is 13.8 Å². The number of allylic oxidation sites excluding steroid dienone is 1. The highest BCUT2D eigenvalue weighted by atomic mass is 16.5. The van der Waals surface area contributed by atoms with Gasteiger partial charge in [-0.1, -0.05) is 6.92 Å². The molecule has 0 spiro atoms. The van der Waals surface area contributed by atoms with Crippen LogP contribution in [0.3, 0.4) is 0 Å². The fourth-order valence-corrected chi connectivity index (χ4v) is 6.32. The van der Waals surface area contributed by atoms with Gasteiger partial charge in [0.1, 0.15) is 0 Å². The van der Waals surface area contributed by atoms with E-state index >= 15 is 0 Å². The van der Waals surface area contributed by atoms with Crippen LogP contribution in [-0.4, -0.2) is 71.0 Å². The zero-order chi connectivity index (χ0) is 31.4. The third kappa shape index (κ3) is 4.70. The number of fused-ring (bicyclic) bond motifs is 8. The number of aromatic amines is 2. The molecular formula is C33H37N5O5. The highest BCUT2D eigenvalue weighted by molar-refractivity contribution is 6.05. The number of aromatic nitrogens is 4. The Morgan fingerprint density at radius 3 is 1.93 bits per heavy atom. The van der Waals surface area contributed by atoms with Crippen LogP contribution < -0.4 is 0 Å². The van der Waals surface area contributed by atoms with Crippen LogP contribution in [0.15, 0.2) is 24.3 Å². The van der Waals surface area contributed by atoms with Gasteiger partial charge in [0.05, 0.1) is 58.9 Å². The number of ether oxygens (including phenoxy) is 2. The molecule has 0 aliphatic carbocycles. The van der Waals surface area contributed by atoms with Gasteiger partial charge in [-0.3, -0.25) is 9.78 Å². The summed E-state index contributed by atoms with van der Waals surface area (Å²) in [7, 11) is 6.14. The largest absolute Gasteiger partial charge is 0.465 e. The Hall–Kier alpha value is -4.73. The Morgan fingerprint density at radius 2 is 1.42 bits per heavy atom. The lowest BCUT2D eigenvalue weighted by molar-refractivity contribution is -0.135. The average molecular weight is 584 g/mol. The van der Waals surface area contributed by atoms with Gasteiger partial charge in [-0.15, -0.1) is 0 Å². The SMILES string of the molecule is CC[C@H]1c2cc3nc(cc4[nH]c(cc5[nH]c(cc(n2)[C@]1(C)C(=O)N(C)C)c(C)c5C(=O)OC)c(C(=O)OC)c4C)C=C3C. The van der Waals surface area contributed by atoms with Crippen molar-refractivity contribution in [3.8, 4) is 0 Å². The summed E-state index contributed by atoms with van der Waals surface area (Å²) in [5, 5.41) is 0. The summed E-state index contributed by atoms with van der Waals surface area (Å²) >= 11 is 0. The van der Waals surface area contributed by atoms with E-state index < -0.39 is 17.4 Å². The van der Waals surface area contributed by atoms with E-state index in [9.17, 15) is 14.4 Å². The molecule has 0 aromatic carbocycles. The van der Waals surface area contributed by atoms with Gasteiger partial charge in [-0.2, -0.15) is 0 Å². The number of esters is 2. The van der Waals surface area contributed by atoms with E-state index in [1.165, 1.54) is 14.2 Å². The molecule has 10 nitrogen and oxygen atoms in total. The number of methoxy groups -OCH3 is 2. The van der Waals surface area contributed by atoms with Crippen molar-refractivity contribution in [3.05, 3.63) is 69.3 Å². The number of H-pyrrole nitrogens is 2. The van der Waals surface area contributed by atoms with Crippen LogP contribution in [-0.2, 0) is 19.7 Å². The number of carbonyl (C=O) groups is 3. The summed E-state index contributed by atoms with van der Waals surface area (Å²) in [5.74, 6) is -1.33. The highest BCUT2D eigenvalue weighted by Gasteiger charge is 2.49. The molecule has 0 radical (unpaired) electrons. The van der Waals surface area contributed by atoms with Crippen molar-refractivity contribution in [2.75, 3.05) is 28.3 Å². The van der Waals surface area contributed by atoms with Crippen LogP contribution in [0.1, 0.15) is 87.7 Å². The van der Waals surface area contributed by atoms with Crippen molar-refractivity contribution in [2.45, 2.75) is 52.4 Å². The fourth-order valence-electron chi connectivity index (χ4n) is 6.32. The smallest absolute Gasteiger partial charge is 0.340 e. The Bertz CT molecular complexity index is 1880. The first kappa shape index (κ1) is 29.8. The van der Waals surface area contributed by atoms with E-state index in [4.69, 9.17) is 19.4 Å². The number of amides is 1. The van der Waals surface area contributed by atoms with Crippen molar-refractivity contribution in [1.82, 2.24) is 24.8 Å². The lowest BCUT2D eigenvalue weighted by atomic mass is 9.72. The van der Waals surface area contributed by atoms with Crippen molar-refractivity contribution in [1.29, 1.82) is 0 Å². The van der Waals surface area contributed by atoms with Crippen LogP contribution in [0.5, 0.6) is 0 Å². The predicted octanol–water partition coefficient (Wildman–Crippen LogP) is 5.61. The van der Waals surface area contributed by atoms with Gasteiger partial charge in [0.15, 0.2) is 0 Å². The number of nitrogens with zero attached hydrogens (tertiary/aromatic N) is 3. The Morgan fingerprint density at radius 1 is 0.860 bits per heavy atom. The fraction of sp³-hybridized carbons (Fsp3) is 0.364. The third-order valence-electron chi connectivity index (χ3n) is 8.67. The number of carbonyl (C=O) groups excluding carboxylic acids is 3. The lowest BCUT2D eigenvalue weighted by Gasteiger charge is -2.32. The molecule has 3 aromatic rings. The molecule has 2 aliphatic rings. The molecule has 5 heterocycles. The number of hydrogen-bond acceptors (Lipinski definition) is 7. The first-order valence-electron chi connectivity index (χ1n) is 14.2. The minimum Gasteiger partial charge on any atom is -0.465 e. The van der Waals surface area contributed by atoms with Crippen molar-refractivity contribution >= 4 is 51.6 Å². The summed E-state index contributed by atoms with van der Waals surface area (Å²) in [6, 6.07) is 7.38. The predicted molar refractivity (Wildman–Crippen MR) is 166 cm³/mol. The quantitative estimate of drug-likeness (QED) is 0.382. The number of likely N-dealkylation sites (N-methyl/N-ethyl adjacent to an activating group) is 1. The first-order chi connectivity index (χ1) is 20.3. The highest BCUT2D eigenvalue weighted by Crippen LogP contribution is 2.46. The van der Waals surface area contributed by atoms with Crippen LogP contribution in [0.4, 0.5) is 0 Å². The molecule has 0 saturated carbocycles. The number of rotatable bonds is 4. The molecule has 0 unspecified atom stereocenters. The number of hydrogen-bond donors (Lipinski definition) is 2. The average Bonchev–Trinajstić information content (AvgIpc) is 3.65. The van der Waals surface area contributed by atoms with Gasteiger partial charge in [0.25, 0.3) is 0 Å². The maximum Gasteiger partial charge on any atom is 0.340 e. The Labute approximate surface area is 250 Å². The van der Waals surface area contributed by atoms with Crippen LogP contribution in [0.25, 0.3) is 33.7 Å². The summed E-state index contributed by atoms with van der Waals surface area (Å²) < 4.78 is 10.3. The van der Waals surface area contributed by atoms with E-state index in [-0.39, 0.29) is 11.8 Å². The van der Waals surface area contributed by atoms with Gasteiger partial charge >= 0.3 is 11.9 Å². The summed E-state index contributed by atoms with van der Waals surface area (Å²) in [4.78, 5) is 58.1. The minimum atomic E-state index is -0.969. The van der Waals surface area contributed by atoms with Gasteiger partial charge in [0, 0.05) is 36.7 Å². The zero-order valence-electron chi connectivity index (χ0n) is 26.1. The molecule has 2 N–H and O–H groups in total. The van der Waals surface area contributed by atoms with Gasteiger partial charge in [-0.05, 0) is 81.2 Å². The number of aryl methyl sites for hydroxylation is 2. The van der Waals surface area contributed by atoms with E-state index in [0.717, 1.165) is 17.0 Å². The maximum atomic E-state index is 13.8. The van der Waals surface area contributed by atoms with Crippen molar-refractivity contribution in [2.24, 2.45) is 0 Å². The molecule has 2 atom stereocenters. The second-order valence-electron chi connectivity index (χ2n) is 11.5. The molecule has 5 rings (SSSR count). The third-order valence-corrected chi connectivity index (χ3v) is 8.67. The van der Waals surface area contributed by atoms with E-state index in [1.807, 2.05) is 52.0 Å². The standard InChI is InChI=1S/C33H37N5O5/c1-10-20-24-13-21-16(2)11-19(34-21)12-22-17(3)28(30(39)42-8)25(35-22)14-26-29(31(40)43-9)18(4)23(36-26)15-27(37-24)33(20,5)32(41)38(6)7/h11-15,20,35-36H,10H2,1-9H3/t20-,33+/m0/s1. The van der Waals surface area contributed by atoms with Crippen LogP contribution >= 0.6 is 0 Å². The molecule has 224 valence electrons. The van der Waals surface area contributed by atoms with Gasteiger partial charge < -0.3 is 24.3 Å². The summed E-state index contributed by atoms with van der Waals surface area (Å²) in [6.45, 7) is 9.62. The second-order valence-corrected chi connectivity index (χ2v) is 11.5. The molecular weight excluding hydrogens is 546 g/mol. The Kier molecular flexibility index (Phi) is 7.50. The van der Waals surface area contributed by atoms with Gasteiger partial charge in [-0.25, -0.2) is 14.6 Å². The molecule has 3 aromatic heterocycles. The molecule has 0 saturated heterocycles. The van der Waals surface area contributed by atoms with Crippen molar-refractivity contribution < 1.29 is 23.9 Å². The molecule has 8 bridgehead atoms. The van der Waals surface area contributed by atoms with Crippen LogP contribution in [0.2, 0.25) is 0 Å².